The standard InChI is InChI=1S/C11H16N2O3S/c1-9(8-17(2)16)12-7-10-4-3-5-11(6-10)13(14)15/h3-6,9,12H,7-8H2,1-2H3. The first-order chi connectivity index (χ1) is 7.99. The van der Waals surface area contributed by atoms with Gasteiger partial charge in [0.25, 0.3) is 5.69 Å². The lowest BCUT2D eigenvalue weighted by Crippen LogP contribution is -2.30. The van der Waals surface area contributed by atoms with Gasteiger partial charge in [0, 0.05) is 47.5 Å². The maximum absolute atomic E-state index is 11.0. The molecule has 94 valence electrons. The summed E-state index contributed by atoms with van der Waals surface area (Å²) in [6.45, 7) is 2.48. The summed E-state index contributed by atoms with van der Waals surface area (Å²) in [7, 11) is -0.836. The van der Waals surface area contributed by atoms with Crippen molar-refractivity contribution in [1.82, 2.24) is 5.32 Å². The lowest BCUT2D eigenvalue weighted by molar-refractivity contribution is -0.384. The molecule has 1 aromatic rings. The first-order valence-electron chi connectivity index (χ1n) is 5.26. The van der Waals surface area contributed by atoms with E-state index in [0.717, 1.165) is 5.56 Å². The first-order valence-corrected chi connectivity index (χ1v) is 6.98. The highest BCUT2D eigenvalue weighted by Crippen LogP contribution is 2.12. The lowest BCUT2D eigenvalue weighted by atomic mass is 10.2. The van der Waals surface area contributed by atoms with Gasteiger partial charge in [0.2, 0.25) is 0 Å². The van der Waals surface area contributed by atoms with Gasteiger partial charge in [0.05, 0.1) is 4.92 Å². The first kappa shape index (κ1) is 13.8. The molecule has 1 rings (SSSR count). The SMILES string of the molecule is CC(CS(C)=O)NCc1cccc([N+](=O)[O-])c1. The Morgan fingerprint density at radius 1 is 1.53 bits per heavy atom. The Bertz CT molecular complexity index is 423. The Labute approximate surface area is 103 Å². The Morgan fingerprint density at radius 2 is 2.24 bits per heavy atom. The van der Waals surface area contributed by atoms with Gasteiger partial charge < -0.3 is 5.32 Å². The molecule has 0 aliphatic rings. The van der Waals surface area contributed by atoms with Crippen molar-refractivity contribution in [1.29, 1.82) is 0 Å². The molecule has 0 amide bonds. The van der Waals surface area contributed by atoms with Gasteiger partial charge in [-0.2, -0.15) is 0 Å². The van der Waals surface area contributed by atoms with E-state index >= 15 is 0 Å². The summed E-state index contributed by atoms with van der Waals surface area (Å²) in [6, 6.07) is 6.63. The molecule has 0 saturated carbocycles. The number of rotatable bonds is 6. The average molecular weight is 256 g/mol. The number of hydrogen-bond donors (Lipinski definition) is 1. The van der Waals surface area contributed by atoms with Crippen LogP contribution in [0.2, 0.25) is 0 Å². The summed E-state index contributed by atoms with van der Waals surface area (Å²) in [6.07, 6.45) is 1.66. The molecule has 0 aliphatic carbocycles. The quantitative estimate of drug-likeness (QED) is 0.617. The zero-order chi connectivity index (χ0) is 12.8. The molecule has 2 unspecified atom stereocenters. The van der Waals surface area contributed by atoms with Crippen LogP contribution in [0, 0.1) is 10.1 Å². The number of benzene rings is 1. The Kier molecular flexibility index (Phi) is 5.24. The van der Waals surface area contributed by atoms with Crippen molar-refractivity contribution < 1.29 is 9.13 Å². The Morgan fingerprint density at radius 3 is 2.82 bits per heavy atom. The van der Waals surface area contributed by atoms with E-state index in [-0.39, 0.29) is 11.7 Å². The van der Waals surface area contributed by atoms with Gasteiger partial charge in [-0.05, 0) is 12.5 Å². The van der Waals surface area contributed by atoms with E-state index in [1.54, 1.807) is 18.4 Å². The van der Waals surface area contributed by atoms with Crippen LogP contribution in [0.3, 0.4) is 0 Å². The maximum atomic E-state index is 11.0. The number of nitro groups is 1. The maximum Gasteiger partial charge on any atom is 0.269 e. The zero-order valence-electron chi connectivity index (χ0n) is 9.88. The molecular weight excluding hydrogens is 240 g/mol. The molecule has 0 radical (unpaired) electrons. The van der Waals surface area contributed by atoms with Crippen LogP contribution in [0.4, 0.5) is 5.69 Å². The molecule has 0 aliphatic heterocycles. The summed E-state index contributed by atoms with van der Waals surface area (Å²) in [5.74, 6) is 0.578. The molecule has 5 nitrogen and oxygen atoms in total. The summed E-state index contributed by atoms with van der Waals surface area (Å²) in [5, 5.41) is 13.8. The molecule has 1 aromatic carbocycles. The normalized spacial score (nSPS) is 14.2. The average Bonchev–Trinajstić information content (AvgIpc) is 2.26. The summed E-state index contributed by atoms with van der Waals surface area (Å²) < 4.78 is 11.0. The van der Waals surface area contributed by atoms with Gasteiger partial charge in [-0.15, -0.1) is 0 Å². The van der Waals surface area contributed by atoms with Crippen molar-refractivity contribution in [3.63, 3.8) is 0 Å². The van der Waals surface area contributed by atoms with Gasteiger partial charge >= 0.3 is 0 Å². The second kappa shape index (κ2) is 6.46. The Balaban J connectivity index is 2.54. The highest BCUT2D eigenvalue weighted by molar-refractivity contribution is 7.84. The van der Waals surface area contributed by atoms with Crippen LogP contribution in [-0.2, 0) is 17.3 Å². The smallest absolute Gasteiger partial charge is 0.269 e. The molecule has 0 fully saturated rings. The highest BCUT2D eigenvalue weighted by Gasteiger charge is 2.07. The molecule has 2 atom stereocenters. The molecule has 1 N–H and O–H groups in total. The molecule has 0 heterocycles. The van der Waals surface area contributed by atoms with Crippen LogP contribution in [0.15, 0.2) is 24.3 Å². The largest absolute Gasteiger partial charge is 0.309 e. The molecule has 6 heteroatoms. The monoisotopic (exact) mass is 256 g/mol. The van der Waals surface area contributed by atoms with E-state index in [1.165, 1.54) is 6.07 Å². The van der Waals surface area contributed by atoms with Crippen molar-refractivity contribution in [2.24, 2.45) is 0 Å². The van der Waals surface area contributed by atoms with Gasteiger partial charge in [-0.3, -0.25) is 14.3 Å². The summed E-state index contributed by atoms with van der Waals surface area (Å²) >= 11 is 0. The fourth-order valence-corrected chi connectivity index (χ4v) is 2.31. The minimum Gasteiger partial charge on any atom is -0.309 e. The number of nitrogens with one attached hydrogen (secondary N) is 1. The van der Waals surface area contributed by atoms with E-state index in [1.807, 2.05) is 13.0 Å². The van der Waals surface area contributed by atoms with Crippen LogP contribution in [-0.4, -0.2) is 27.2 Å². The predicted octanol–water partition coefficient (Wildman–Crippen LogP) is 1.45. The van der Waals surface area contributed by atoms with E-state index in [4.69, 9.17) is 0 Å². The Hall–Kier alpha value is -1.27. The van der Waals surface area contributed by atoms with Crippen LogP contribution in [0.25, 0.3) is 0 Å². The molecule has 17 heavy (non-hydrogen) atoms. The second-order valence-electron chi connectivity index (χ2n) is 3.95. The molecule has 0 aromatic heterocycles. The van der Waals surface area contributed by atoms with Crippen LogP contribution >= 0.6 is 0 Å². The van der Waals surface area contributed by atoms with Gasteiger partial charge in [0.1, 0.15) is 0 Å². The fraction of sp³-hybridized carbons (Fsp3) is 0.455. The van der Waals surface area contributed by atoms with Gasteiger partial charge in [0.15, 0.2) is 0 Å². The van der Waals surface area contributed by atoms with E-state index in [2.05, 4.69) is 5.32 Å². The van der Waals surface area contributed by atoms with Crippen molar-refractivity contribution in [2.45, 2.75) is 19.5 Å². The molecular formula is C11H16N2O3S. The topological polar surface area (TPSA) is 72.2 Å². The van der Waals surface area contributed by atoms with Crippen molar-refractivity contribution in [2.75, 3.05) is 12.0 Å². The van der Waals surface area contributed by atoms with Crippen LogP contribution in [0.1, 0.15) is 12.5 Å². The van der Waals surface area contributed by atoms with E-state index in [0.29, 0.717) is 12.3 Å². The van der Waals surface area contributed by atoms with E-state index < -0.39 is 15.7 Å². The van der Waals surface area contributed by atoms with E-state index in [9.17, 15) is 14.3 Å². The molecule has 0 saturated heterocycles. The number of non-ortho nitro benzene ring substituents is 1. The van der Waals surface area contributed by atoms with Crippen LogP contribution in [0.5, 0.6) is 0 Å². The lowest BCUT2D eigenvalue weighted by Gasteiger charge is -2.11. The molecule has 0 bridgehead atoms. The third kappa shape index (κ3) is 5.06. The van der Waals surface area contributed by atoms with Gasteiger partial charge in [-0.25, -0.2) is 0 Å². The highest BCUT2D eigenvalue weighted by atomic mass is 32.2. The molecule has 0 spiro atoms. The number of nitrogens with zero attached hydrogens (tertiary/aromatic N) is 1. The summed E-state index contributed by atoms with van der Waals surface area (Å²) in [4.78, 5) is 10.2. The number of nitro benzene ring substituents is 1. The van der Waals surface area contributed by atoms with Crippen molar-refractivity contribution in [3.8, 4) is 0 Å². The van der Waals surface area contributed by atoms with Gasteiger partial charge in [-0.1, -0.05) is 12.1 Å². The van der Waals surface area contributed by atoms with Crippen molar-refractivity contribution in [3.05, 3.63) is 39.9 Å². The second-order valence-corrected chi connectivity index (χ2v) is 5.43. The minimum absolute atomic E-state index is 0.0935. The minimum atomic E-state index is -0.836. The predicted molar refractivity (Wildman–Crippen MR) is 68.3 cm³/mol. The fourth-order valence-electron chi connectivity index (χ4n) is 1.48. The summed E-state index contributed by atoms with van der Waals surface area (Å²) in [5.41, 5.74) is 0.948. The zero-order valence-corrected chi connectivity index (χ0v) is 10.7. The van der Waals surface area contributed by atoms with Crippen LogP contribution < -0.4 is 5.32 Å². The number of hydrogen-bond acceptors (Lipinski definition) is 4. The van der Waals surface area contributed by atoms with Crippen molar-refractivity contribution >= 4 is 16.5 Å². The third-order valence-electron chi connectivity index (χ3n) is 2.26. The third-order valence-corrected chi connectivity index (χ3v) is 3.23.